The van der Waals surface area contributed by atoms with E-state index in [2.05, 4.69) is 67.6 Å². The molecular weight excluding hydrogens is 942 g/mol. The van der Waals surface area contributed by atoms with E-state index in [1.165, 1.54) is 27.1 Å². The molecule has 0 aliphatic heterocycles. The molecule has 0 saturated heterocycles. The Bertz CT molecular complexity index is 4900. The van der Waals surface area contributed by atoms with E-state index in [0.717, 1.165) is 59.2 Å². The van der Waals surface area contributed by atoms with Gasteiger partial charge in [-0.15, -0.1) is 0 Å². The maximum absolute atomic E-state index is 10.0. The Kier molecular flexibility index (Phi) is 9.88. The molecule has 2 nitrogen and oxygen atoms in total. The summed E-state index contributed by atoms with van der Waals surface area (Å²) in [6, 6.07) is 59.7. The first-order valence-electron chi connectivity index (χ1n) is 29.0. The number of aryl methyl sites for hydroxylation is 1. The van der Waals surface area contributed by atoms with Crippen LogP contribution in [0.25, 0.3) is 120 Å². The van der Waals surface area contributed by atoms with Crippen LogP contribution in [0.5, 0.6) is 0 Å². The van der Waals surface area contributed by atoms with Crippen molar-refractivity contribution in [2.45, 2.75) is 6.92 Å². The SMILES string of the molecule is Cc1cc2ccccc2c2cc(Cl)ccc12.[2H]c1c([2H])c([2H])c(-c2c3ccccc3c(-c3cc4ccccc4c4cc(Cl)ccc34)c3ccccc23)c([2H])c1[2H].[2H]c1c([2H])c([2H])c(-c2c3ccccc3c(B(O)O)c3ccccc23)c([2H])c1[2H]. The van der Waals surface area contributed by atoms with Crippen molar-refractivity contribution in [3.8, 4) is 33.4 Å². The molecule has 0 unspecified atom stereocenters. The van der Waals surface area contributed by atoms with Crippen LogP contribution in [-0.4, -0.2) is 17.2 Å². The standard InChI is InChI=1S/C34H21Cl.C20H15BO2.C15H11Cl/c35-24-18-19-26-31(21-24)25-13-5-4-12-23(25)20-32(26)34-29-16-8-6-14-27(29)33(22-10-2-1-3-11-22)28-15-7-9-17-30(28)34;22-21(23)20-17-12-6-4-10-15(17)19(14-8-2-1-3-9-14)16-11-5-7-13-18(16)20;1-10-8-11-4-2-3-5-14(11)15-9-12(16)6-7-13(10)15/h1-21H;1-13,22-23H;2-9H,1H3/i1D,2D,3D,10D,11D;1D,2D,3D,8D,9D;. The van der Waals surface area contributed by atoms with Crippen molar-refractivity contribution in [2.75, 3.05) is 0 Å². The topological polar surface area (TPSA) is 40.5 Å². The molecule has 74 heavy (non-hydrogen) atoms. The zero-order valence-electron chi connectivity index (χ0n) is 49.7. The summed E-state index contributed by atoms with van der Waals surface area (Å²) in [5, 5.41) is 36.7. The van der Waals surface area contributed by atoms with E-state index < -0.39 is 31.3 Å². The second-order valence-electron chi connectivity index (χ2n) is 18.0. The number of fused-ring (bicyclic) bond motifs is 10. The highest BCUT2D eigenvalue weighted by atomic mass is 35.5. The van der Waals surface area contributed by atoms with Gasteiger partial charge in [0.2, 0.25) is 0 Å². The zero-order valence-corrected chi connectivity index (χ0v) is 41.2. The molecule has 0 aliphatic rings. The van der Waals surface area contributed by atoms with Crippen molar-refractivity contribution >= 4 is 122 Å². The van der Waals surface area contributed by atoms with Crippen molar-refractivity contribution in [3.05, 3.63) is 270 Å². The summed E-state index contributed by atoms with van der Waals surface area (Å²) in [5.41, 5.74) is 5.11. The Balaban J connectivity index is 0.000000136. The van der Waals surface area contributed by atoms with Gasteiger partial charge >= 0.3 is 7.12 Å². The lowest BCUT2D eigenvalue weighted by molar-refractivity contribution is 0.426. The Labute approximate surface area is 454 Å². The lowest BCUT2D eigenvalue weighted by Gasteiger charge is -2.19. The van der Waals surface area contributed by atoms with Crippen LogP contribution in [0.3, 0.4) is 0 Å². The van der Waals surface area contributed by atoms with Crippen LogP contribution in [0.15, 0.2) is 255 Å². The Morgan fingerprint density at radius 3 is 1.14 bits per heavy atom. The molecule has 0 atom stereocenters. The summed E-state index contributed by atoms with van der Waals surface area (Å²) >= 11 is 12.6. The molecule has 0 fully saturated rings. The summed E-state index contributed by atoms with van der Waals surface area (Å²) in [6.07, 6.45) is 0. The van der Waals surface area contributed by atoms with Gasteiger partial charge in [0.15, 0.2) is 0 Å². The molecular formula is C69H47BCl2O2. The van der Waals surface area contributed by atoms with Gasteiger partial charge in [0, 0.05) is 10.0 Å². The predicted molar refractivity (Wildman–Crippen MR) is 320 cm³/mol. The molecule has 0 heterocycles. The van der Waals surface area contributed by atoms with Gasteiger partial charge in [-0.3, -0.25) is 0 Å². The minimum atomic E-state index is -1.72. The van der Waals surface area contributed by atoms with Crippen molar-refractivity contribution in [2.24, 2.45) is 0 Å². The number of benzene rings is 14. The first kappa shape index (κ1) is 36.6. The van der Waals surface area contributed by atoms with Gasteiger partial charge in [-0.25, -0.2) is 0 Å². The Hall–Kier alpha value is -8.28. The van der Waals surface area contributed by atoms with Gasteiger partial charge in [-0.05, 0) is 168 Å². The lowest BCUT2D eigenvalue weighted by Crippen LogP contribution is -2.31. The largest absolute Gasteiger partial charge is 0.489 e. The summed E-state index contributed by atoms with van der Waals surface area (Å²) in [5.74, 6) is 0. The molecule has 14 aromatic rings. The normalized spacial score (nSPS) is 13.2. The molecule has 0 spiro atoms. The fourth-order valence-corrected chi connectivity index (χ4v) is 11.0. The van der Waals surface area contributed by atoms with Crippen molar-refractivity contribution in [3.63, 3.8) is 0 Å². The lowest BCUT2D eigenvalue weighted by atomic mass is 9.72. The number of hydrogen-bond donors (Lipinski definition) is 2. The second kappa shape index (κ2) is 20.0. The average Bonchev–Trinajstić information content (AvgIpc) is 0.859. The second-order valence-corrected chi connectivity index (χ2v) is 18.9. The highest BCUT2D eigenvalue weighted by Crippen LogP contribution is 2.47. The molecule has 14 rings (SSSR count). The highest BCUT2D eigenvalue weighted by molar-refractivity contribution is 6.66. The van der Waals surface area contributed by atoms with Crippen LogP contribution in [0.2, 0.25) is 10.0 Å². The maximum atomic E-state index is 10.0. The van der Waals surface area contributed by atoms with Crippen LogP contribution in [0, 0.1) is 6.92 Å². The summed E-state index contributed by atoms with van der Waals surface area (Å²) in [7, 11) is -1.72. The third-order valence-corrected chi connectivity index (χ3v) is 14.3. The molecule has 0 aromatic heterocycles. The predicted octanol–water partition coefficient (Wildman–Crippen LogP) is 18.6. The van der Waals surface area contributed by atoms with E-state index in [1.54, 1.807) is 48.5 Å². The molecule has 0 radical (unpaired) electrons. The molecule has 0 aliphatic carbocycles. The smallest absolute Gasteiger partial charge is 0.423 e. The summed E-state index contributed by atoms with van der Waals surface area (Å²) < 4.78 is 83.0. The quantitative estimate of drug-likeness (QED) is 0.105. The number of hydrogen-bond acceptors (Lipinski definition) is 2. The maximum Gasteiger partial charge on any atom is 0.489 e. The van der Waals surface area contributed by atoms with Crippen LogP contribution in [0.4, 0.5) is 0 Å². The molecule has 0 amide bonds. The van der Waals surface area contributed by atoms with Gasteiger partial charge in [-0.1, -0.05) is 247 Å². The van der Waals surface area contributed by atoms with Gasteiger partial charge in [0.05, 0.1) is 13.7 Å². The highest BCUT2D eigenvalue weighted by Gasteiger charge is 2.23. The average molecular weight is 1000 g/mol. The van der Waals surface area contributed by atoms with E-state index in [0.29, 0.717) is 43.2 Å². The minimum Gasteiger partial charge on any atom is -0.423 e. The number of halogens is 2. The van der Waals surface area contributed by atoms with E-state index >= 15 is 0 Å². The number of rotatable bonds is 4. The first-order chi connectivity index (χ1) is 40.5. The molecule has 14 aromatic carbocycles. The molecule has 0 bridgehead atoms. The van der Waals surface area contributed by atoms with Crippen molar-refractivity contribution < 1.29 is 23.8 Å². The molecule has 5 heteroatoms. The summed E-state index contributed by atoms with van der Waals surface area (Å²) in [4.78, 5) is 0. The fourth-order valence-electron chi connectivity index (χ4n) is 10.7. The Morgan fingerprint density at radius 1 is 0.338 bits per heavy atom. The van der Waals surface area contributed by atoms with Crippen LogP contribution in [-0.2, 0) is 0 Å². The van der Waals surface area contributed by atoms with E-state index in [1.807, 2.05) is 84.9 Å². The van der Waals surface area contributed by atoms with E-state index in [4.69, 9.17) is 36.9 Å². The molecule has 352 valence electrons. The fraction of sp³-hybridized carbons (Fsp3) is 0.0145. The zero-order chi connectivity index (χ0) is 59.0. The third kappa shape index (κ3) is 8.50. The Morgan fingerprint density at radius 2 is 0.689 bits per heavy atom. The van der Waals surface area contributed by atoms with Crippen molar-refractivity contribution in [1.29, 1.82) is 0 Å². The van der Waals surface area contributed by atoms with E-state index in [9.17, 15) is 10.0 Å². The summed E-state index contributed by atoms with van der Waals surface area (Å²) in [6.45, 7) is 2.14. The molecule has 0 saturated carbocycles. The van der Waals surface area contributed by atoms with Gasteiger partial charge in [0.1, 0.15) is 0 Å². The first-order valence-corrected chi connectivity index (χ1v) is 24.8. The van der Waals surface area contributed by atoms with Crippen LogP contribution >= 0.6 is 23.2 Å². The molecule has 2 N–H and O–H groups in total. The van der Waals surface area contributed by atoms with E-state index in [-0.39, 0.29) is 47.4 Å². The monoisotopic (exact) mass is 998 g/mol. The van der Waals surface area contributed by atoms with Gasteiger partial charge in [0.25, 0.3) is 0 Å². The van der Waals surface area contributed by atoms with Gasteiger partial charge in [-0.2, -0.15) is 0 Å². The minimum absolute atomic E-state index is 0.0948. The third-order valence-electron chi connectivity index (χ3n) is 13.8. The van der Waals surface area contributed by atoms with Crippen LogP contribution < -0.4 is 5.46 Å². The van der Waals surface area contributed by atoms with Crippen LogP contribution in [0.1, 0.15) is 19.3 Å². The van der Waals surface area contributed by atoms with Gasteiger partial charge < -0.3 is 10.0 Å². The van der Waals surface area contributed by atoms with Crippen molar-refractivity contribution in [1.82, 2.24) is 0 Å².